The number of nitrogens with two attached hydrogens (primary N) is 1. The summed E-state index contributed by atoms with van der Waals surface area (Å²) in [5.74, 6) is -0.267. The number of hydrogen-bond donors (Lipinski definition) is 3. The third-order valence-corrected chi connectivity index (χ3v) is 5.63. The van der Waals surface area contributed by atoms with Crippen LogP contribution in [0.25, 0.3) is 10.8 Å². The van der Waals surface area contributed by atoms with Gasteiger partial charge in [-0.2, -0.15) is 13.5 Å². The lowest BCUT2D eigenvalue weighted by molar-refractivity contribution is 0.102. The average molecular weight is 446 g/mol. The zero-order valence-corrected chi connectivity index (χ0v) is 17.5. The number of para-hydroxylation sites is 1. The van der Waals surface area contributed by atoms with Crippen LogP contribution in [0, 0.1) is 0 Å². The number of fused-ring (bicyclic) bond motifs is 1. The van der Waals surface area contributed by atoms with E-state index >= 15 is 0 Å². The molecule has 0 aliphatic carbocycles. The molecule has 0 saturated carbocycles. The van der Waals surface area contributed by atoms with Crippen molar-refractivity contribution in [3.05, 3.63) is 90.5 Å². The van der Waals surface area contributed by atoms with Gasteiger partial charge in [0.05, 0.1) is 11.4 Å². The lowest BCUT2D eigenvalue weighted by atomic mass is 10.1. The minimum atomic E-state index is -4.49. The van der Waals surface area contributed by atoms with Gasteiger partial charge in [-0.3, -0.25) is 9.35 Å². The normalized spacial score (nSPS) is 11.7. The predicted molar refractivity (Wildman–Crippen MR) is 123 cm³/mol. The lowest BCUT2D eigenvalue weighted by Gasteiger charge is -2.09. The van der Waals surface area contributed by atoms with Gasteiger partial charge in [0.25, 0.3) is 16.0 Å². The molecule has 0 radical (unpaired) electrons. The van der Waals surface area contributed by atoms with Crippen LogP contribution in [0.2, 0.25) is 0 Å². The zero-order valence-electron chi connectivity index (χ0n) is 16.6. The van der Waals surface area contributed by atoms with Gasteiger partial charge in [0.2, 0.25) is 0 Å². The Morgan fingerprint density at radius 3 is 2.12 bits per heavy atom. The fourth-order valence-electron chi connectivity index (χ4n) is 3.16. The van der Waals surface area contributed by atoms with Crippen LogP contribution < -0.4 is 11.1 Å². The van der Waals surface area contributed by atoms with Crippen molar-refractivity contribution >= 4 is 49.5 Å². The van der Waals surface area contributed by atoms with Crippen molar-refractivity contribution in [3.8, 4) is 0 Å². The molecule has 0 saturated heterocycles. The quantitative estimate of drug-likeness (QED) is 0.216. The second-order valence-electron chi connectivity index (χ2n) is 6.90. The maximum Gasteiger partial charge on any atom is 0.295 e. The van der Waals surface area contributed by atoms with Crippen LogP contribution in [0.15, 0.2) is 100 Å². The highest BCUT2D eigenvalue weighted by Gasteiger charge is 2.18. The van der Waals surface area contributed by atoms with Gasteiger partial charge in [0.15, 0.2) is 0 Å². The van der Waals surface area contributed by atoms with E-state index in [1.54, 1.807) is 60.7 Å². The van der Waals surface area contributed by atoms with E-state index in [0.717, 1.165) is 0 Å². The molecule has 0 aromatic heterocycles. The Kier molecular flexibility index (Phi) is 5.67. The summed E-state index contributed by atoms with van der Waals surface area (Å²) in [7, 11) is -4.49. The summed E-state index contributed by atoms with van der Waals surface area (Å²) >= 11 is 0. The highest BCUT2D eigenvalue weighted by atomic mass is 32.2. The maximum atomic E-state index is 12.3. The van der Waals surface area contributed by atoms with Gasteiger partial charge < -0.3 is 11.1 Å². The molecule has 4 aromatic carbocycles. The topological polar surface area (TPSA) is 134 Å². The molecule has 0 unspecified atom stereocenters. The van der Waals surface area contributed by atoms with E-state index in [1.165, 1.54) is 6.07 Å². The molecule has 0 spiro atoms. The Morgan fingerprint density at radius 2 is 1.47 bits per heavy atom. The summed E-state index contributed by atoms with van der Waals surface area (Å²) in [6.07, 6.45) is 0. The van der Waals surface area contributed by atoms with Crippen molar-refractivity contribution in [2.75, 3.05) is 11.1 Å². The Balaban J connectivity index is 1.61. The first-order valence-corrected chi connectivity index (χ1v) is 10.9. The Hall–Kier alpha value is -4.08. The number of carbonyl (C=O) groups excluding carboxylic acids is 1. The molecule has 0 aliphatic heterocycles. The summed E-state index contributed by atoms with van der Waals surface area (Å²) in [6.45, 7) is 0. The van der Waals surface area contributed by atoms with E-state index in [-0.39, 0.29) is 22.2 Å². The fraction of sp³-hybridized carbons (Fsp3) is 0. The molecule has 160 valence electrons. The SMILES string of the molecule is Nc1c(N=Nc2ccc(C(=O)Nc3ccccc3)cc2)cc(S(=O)(=O)O)c2ccccc12. The molecule has 0 fully saturated rings. The van der Waals surface area contributed by atoms with Crippen LogP contribution >= 0.6 is 0 Å². The molecule has 0 atom stereocenters. The first kappa shape index (κ1) is 21.2. The monoisotopic (exact) mass is 446 g/mol. The van der Waals surface area contributed by atoms with E-state index in [9.17, 15) is 17.8 Å². The van der Waals surface area contributed by atoms with E-state index < -0.39 is 10.1 Å². The minimum Gasteiger partial charge on any atom is -0.396 e. The number of rotatable bonds is 5. The molecule has 9 heteroatoms. The van der Waals surface area contributed by atoms with Crippen LogP contribution in [0.1, 0.15) is 10.4 Å². The minimum absolute atomic E-state index is 0.0993. The van der Waals surface area contributed by atoms with Crippen LogP contribution in [-0.2, 0) is 10.1 Å². The summed E-state index contributed by atoms with van der Waals surface area (Å²) < 4.78 is 33.2. The number of nitrogens with one attached hydrogen (secondary N) is 1. The number of carbonyl (C=O) groups is 1. The summed E-state index contributed by atoms with van der Waals surface area (Å²) in [6, 6.07) is 23.2. The van der Waals surface area contributed by atoms with Gasteiger partial charge in [0, 0.05) is 22.0 Å². The molecule has 4 rings (SSSR count). The zero-order chi connectivity index (χ0) is 22.7. The molecule has 8 nitrogen and oxygen atoms in total. The summed E-state index contributed by atoms with van der Waals surface area (Å²) in [5, 5.41) is 11.7. The molecule has 1 amide bonds. The average Bonchev–Trinajstić information content (AvgIpc) is 2.79. The fourth-order valence-corrected chi connectivity index (χ4v) is 3.88. The Morgan fingerprint density at radius 1 is 0.844 bits per heavy atom. The first-order chi connectivity index (χ1) is 15.3. The first-order valence-electron chi connectivity index (χ1n) is 9.50. The highest BCUT2D eigenvalue weighted by Crippen LogP contribution is 2.36. The molecule has 0 bridgehead atoms. The van der Waals surface area contributed by atoms with E-state index in [1.807, 2.05) is 18.2 Å². The van der Waals surface area contributed by atoms with Crippen molar-refractivity contribution in [2.24, 2.45) is 10.2 Å². The van der Waals surface area contributed by atoms with Crippen LogP contribution in [0.5, 0.6) is 0 Å². The maximum absolute atomic E-state index is 12.3. The van der Waals surface area contributed by atoms with Crippen LogP contribution in [0.3, 0.4) is 0 Å². The second kappa shape index (κ2) is 8.58. The van der Waals surface area contributed by atoms with Crippen molar-refractivity contribution in [1.29, 1.82) is 0 Å². The Bertz CT molecular complexity index is 1430. The van der Waals surface area contributed by atoms with Crippen LogP contribution in [0.4, 0.5) is 22.7 Å². The van der Waals surface area contributed by atoms with E-state index in [0.29, 0.717) is 27.7 Å². The lowest BCUT2D eigenvalue weighted by Crippen LogP contribution is -2.11. The van der Waals surface area contributed by atoms with E-state index in [2.05, 4.69) is 15.5 Å². The van der Waals surface area contributed by atoms with Gasteiger partial charge in [-0.25, -0.2) is 0 Å². The van der Waals surface area contributed by atoms with Crippen LogP contribution in [-0.4, -0.2) is 18.9 Å². The predicted octanol–water partition coefficient (Wildman–Crippen LogP) is 5.34. The van der Waals surface area contributed by atoms with E-state index in [4.69, 9.17) is 5.73 Å². The largest absolute Gasteiger partial charge is 0.396 e. The third-order valence-electron chi connectivity index (χ3n) is 4.74. The number of nitrogens with zero attached hydrogens (tertiary/aromatic N) is 2. The van der Waals surface area contributed by atoms with Crippen molar-refractivity contribution in [2.45, 2.75) is 4.90 Å². The molecule has 0 aliphatic rings. The molecule has 4 aromatic rings. The summed E-state index contributed by atoms with van der Waals surface area (Å²) in [4.78, 5) is 12.0. The van der Waals surface area contributed by atoms with Gasteiger partial charge in [-0.15, -0.1) is 5.11 Å². The number of azo groups is 1. The van der Waals surface area contributed by atoms with Crippen molar-refractivity contribution in [3.63, 3.8) is 0 Å². The molecule has 4 N–H and O–H groups in total. The second-order valence-corrected chi connectivity index (χ2v) is 8.29. The number of nitrogen functional groups attached to an aromatic ring is 1. The number of hydrogen-bond acceptors (Lipinski definition) is 6. The highest BCUT2D eigenvalue weighted by molar-refractivity contribution is 7.86. The number of anilines is 2. The molecule has 32 heavy (non-hydrogen) atoms. The molecular weight excluding hydrogens is 428 g/mol. The molecule has 0 heterocycles. The van der Waals surface area contributed by atoms with Crippen molar-refractivity contribution < 1.29 is 17.8 Å². The van der Waals surface area contributed by atoms with Crippen molar-refractivity contribution in [1.82, 2.24) is 0 Å². The number of amides is 1. The number of benzene rings is 4. The van der Waals surface area contributed by atoms with Gasteiger partial charge in [-0.1, -0.05) is 42.5 Å². The van der Waals surface area contributed by atoms with Gasteiger partial charge in [-0.05, 0) is 42.5 Å². The van der Waals surface area contributed by atoms with Gasteiger partial charge >= 0.3 is 0 Å². The molecular formula is C23H18N4O4S. The van der Waals surface area contributed by atoms with Gasteiger partial charge in [0.1, 0.15) is 10.6 Å². The third kappa shape index (κ3) is 4.48. The summed E-state index contributed by atoms with van der Waals surface area (Å²) in [5.41, 5.74) is 8.03. The smallest absolute Gasteiger partial charge is 0.295 e. The Labute approximate surface area is 184 Å². The standard InChI is InChI=1S/C23H18N4O4S/c24-22-19-9-5-4-8-18(19)21(32(29,30)31)14-20(22)27-26-17-12-10-15(11-13-17)23(28)25-16-6-2-1-3-7-16/h1-14H,24H2,(H,25,28)(H,29,30,31).